The van der Waals surface area contributed by atoms with E-state index in [4.69, 9.17) is 14.2 Å². The summed E-state index contributed by atoms with van der Waals surface area (Å²) in [5, 5.41) is 2.51. The molecule has 206 valence electrons. The molecular weight excluding hydrogens is 520 g/mol. The molecule has 11 heteroatoms. The Morgan fingerprint density at radius 1 is 0.923 bits per heavy atom. The number of piperidine rings is 1. The molecule has 4 rings (SSSR count). The first-order chi connectivity index (χ1) is 18.9. The van der Waals surface area contributed by atoms with Crippen molar-refractivity contribution in [2.75, 3.05) is 34.4 Å². The van der Waals surface area contributed by atoms with Gasteiger partial charge in [-0.25, -0.2) is 4.98 Å². The van der Waals surface area contributed by atoms with Gasteiger partial charge in [-0.15, -0.1) is 11.3 Å². The minimum atomic E-state index is -0.482. The number of nitrogens with one attached hydrogen (secondary N) is 2. The van der Waals surface area contributed by atoms with Crippen LogP contribution < -0.4 is 25.1 Å². The molecule has 1 aliphatic heterocycles. The maximum atomic E-state index is 13.3. The van der Waals surface area contributed by atoms with Crippen LogP contribution in [0.5, 0.6) is 17.2 Å². The third-order valence-corrected chi connectivity index (χ3v) is 7.74. The predicted octanol–water partition coefficient (Wildman–Crippen LogP) is 3.83. The van der Waals surface area contributed by atoms with Crippen molar-refractivity contribution in [1.29, 1.82) is 0 Å². The molecule has 1 aliphatic rings. The van der Waals surface area contributed by atoms with Gasteiger partial charge in [0.05, 0.1) is 31.9 Å². The molecule has 3 amide bonds. The topological polar surface area (TPSA) is 119 Å². The molecule has 0 radical (unpaired) electrons. The number of rotatable bonds is 8. The van der Waals surface area contributed by atoms with Crippen molar-refractivity contribution in [1.82, 2.24) is 20.7 Å². The van der Waals surface area contributed by atoms with Crippen molar-refractivity contribution in [2.24, 2.45) is 0 Å². The summed E-state index contributed by atoms with van der Waals surface area (Å²) in [5.41, 5.74) is 7.10. The van der Waals surface area contributed by atoms with E-state index >= 15 is 0 Å². The Bertz CT molecular complexity index is 1330. The fraction of sp³-hybridized carbons (Fsp3) is 0.357. The van der Waals surface area contributed by atoms with Crippen molar-refractivity contribution in [3.8, 4) is 17.2 Å². The van der Waals surface area contributed by atoms with E-state index in [-0.39, 0.29) is 17.5 Å². The van der Waals surface area contributed by atoms with Gasteiger partial charge >= 0.3 is 0 Å². The highest BCUT2D eigenvalue weighted by atomic mass is 32.1. The molecule has 0 spiro atoms. The van der Waals surface area contributed by atoms with E-state index < -0.39 is 11.8 Å². The summed E-state index contributed by atoms with van der Waals surface area (Å²) in [6, 6.07) is 10.6. The molecule has 0 saturated carbocycles. The molecular formula is C28H32N4O6S. The van der Waals surface area contributed by atoms with Crippen molar-refractivity contribution in [3.63, 3.8) is 0 Å². The first kappa shape index (κ1) is 27.9. The lowest BCUT2D eigenvalue weighted by atomic mass is 9.97. The number of hydrogen-bond acceptors (Lipinski definition) is 8. The van der Waals surface area contributed by atoms with Crippen LogP contribution in [0.1, 0.15) is 67.5 Å². The number of methoxy groups -OCH3 is 3. The van der Waals surface area contributed by atoms with Crippen LogP contribution in [0, 0.1) is 0 Å². The molecule has 0 atom stereocenters. The van der Waals surface area contributed by atoms with Gasteiger partial charge in [0.15, 0.2) is 11.5 Å². The van der Waals surface area contributed by atoms with Crippen LogP contribution in [-0.4, -0.2) is 62.0 Å². The SMILES string of the molecule is CCc1ccc(C(=O)NNC(=O)c2csc(C3CCN(C(=O)c4ccc(OC)c(OC)c4OC)CC3)n2)cc1. The van der Waals surface area contributed by atoms with E-state index in [2.05, 4.69) is 15.8 Å². The zero-order valence-electron chi connectivity index (χ0n) is 22.4. The Hall–Kier alpha value is -4.12. The number of aromatic nitrogens is 1. The third kappa shape index (κ3) is 6.14. The molecule has 0 aliphatic carbocycles. The van der Waals surface area contributed by atoms with E-state index in [9.17, 15) is 14.4 Å². The van der Waals surface area contributed by atoms with Crippen molar-refractivity contribution >= 4 is 29.1 Å². The minimum absolute atomic E-state index is 0.125. The lowest BCUT2D eigenvalue weighted by Crippen LogP contribution is -2.41. The largest absolute Gasteiger partial charge is 0.493 e. The highest BCUT2D eigenvalue weighted by Gasteiger charge is 2.30. The summed E-state index contributed by atoms with van der Waals surface area (Å²) < 4.78 is 16.2. The van der Waals surface area contributed by atoms with E-state index in [0.717, 1.165) is 17.0 Å². The summed E-state index contributed by atoms with van der Waals surface area (Å²) in [5.74, 6) is 0.293. The monoisotopic (exact) mass is 552 g/mol. The Kier molecular flexibility index (Phi) is 9.03. The van der Waals surface area contributed by atoms with E-state index in [1.807, 2.05) is 19.1 Å². The fourth-order valence-electron chi connectivity index (χ4n) is 4.49. The van der Waals surface area contributed by atoms with Gasteiger partial charge in [0.25, 0.3) is 17.7 Å². The summed E-state index contributed by atoms with van der Waals surface area (Å²) >= 11 is 1.40. The zero-order valence-corrected chi connectivity index (χ0v) is 23.2. The number of aryl methyl sites for hydroxylation is 1. The number of thiazole rings is 1. The van der Waals surface area contributed by atoms with Gasteiger partial charge in [-0.1, -0.05) is 19.1 Å². The molecule has 0 bridgehead atoms. The third-order valence-electron chi connectivity index (χ3n) is 6.73. The second kappa shape index (κ2) is 12.6. The number of likely N-dealkylation sites (tertiary alicyclic amines) is 1. The number of carbonyl (C=O) groups is 3. The molecule has 1 aromatic heterocycles. The Balaban J connectivity index is 1.33. The first-order valence-corrected chi connectivity index (χ1v) is 13.5. The van der Waals surface area contributed by atoms with Crippen LogP contribution in [0.25, 0.3) is 0 Å². The standard InChI is InChI=1S/C28H32N4O6S/c1-5-17-6-8-18(9-7-17)25(33)30-31-26(34)21-16-39-27(29-21)19-12-14-32(15-13-19)28(35)20-10-11-22(36-2)24(38-4)23(20)37-3/h6-11,16,19H,5,12-15H2,1-4H3,(H,30,33)(H,31,34). The van der Waals surface area contributed by atoms with Gasteiger partial charge in [0, 0.05) is 30.0 Å². The summed E-state index contributed by atoms with van der Waals surface area (Å²) in [4.78, 5) is 44.5. The van der Waals surface area contributed by atoms with Crippen LogP contribution >= 0.6 is 11.3 Å². The molecule has 1 saturated heterocycles. The lowest BCUT2D eigenvalue weighted by molar-refractivity contribution is 0.0708. The number of benzene rings is 2. The van der Waals surface area contributed by atoms with Gasteiger partial charge in [-0.05, 0) is 49.1 Å². The summed E-state index contributed by atoms with van der Waals surface area (Å²) in [7, 11) is 4.52. The van der Waals surface area contributed by atoms with Crippen LogP contribution in [0.15, 0.2) is 41.8 Å². The van der Waals surface area contributed by atoms with Crippen LogP contribution in [-0.2, 0) is 6.42 Å². The minimum Gasteiger partial charge on any atom is -0.493 e. The van der Waals surface area contributed by atoms with Crippen LogP contribution in [0.2, 0.25) is 0 Å². The second-order valence-corrected chi connectivity index (χ2v) is 9.87. The highest BCUT2D eigenvalue weighted by molar-refractivity contribution is 7.09. The number of hydrogen-bond donors (Lipinski definition) is 2. The van der Waals surface area contributed by atoms with Gasteiger partial charge in [-0.2, -0.15) is 0 Å². The van der Waals surface area contributed by atoms with Crippen molar-refractivity contribution < 1.29 is 28.6 Å². The molecule has 10 nitrogen and oxygen atoms in total. The van der Waals surface area contributed by atoms with Gasteiger partial charge < -0.3 is 19.1 Å². The molecule has 1 fully saturated rings. The number of carbonyl (C=O) groups excluding carboxylic acids is 3. The van der Waals surface area contributed by atoms with E-state index in [0.29, 0.717) is 54.3 Å². The predicted molar refractivity (Wildman–Crippen MR) is 147 cm³/mol. The smallest absolute Gasteiger partial charge is 0.289 e. The normalized spacial score (nSPS) is 13.5. The van der Waals surface area contributed by atoms with Gasteiger partial charge in [0.2, 0.25) is 5.75 Å². The summed E-state index contributed by atoms with van der Waals surface area (Å²) in [6.45, 7) is 3.11. The number of amides is 3. The average molecular weight is 553 g/mol. The molecule has 3 aromatic rings. The summed E-state index contributed by atoms with van der Waals surface area (Å²) in [6.07, 6.45) is 2.30. The molecule has 39 heavy (non-hydrogen) atoms. The number of ether oxygens (including phenoxy) is 3. The van der Waals surface area contributed by atoms with Gasteiger partial charge in [0.1, 0.15) is 5.69 Å². The molecule has 2 N–H and O–H groups in total. The first-order valence-electron chi connectivity index (χ1n) is 12.6. The average Bonchev–Trinajstić information content (AvgIpc) is 3.49. The lowest BCUT2D eigenvalue weighted by Gasteiger charge is -2.31. The number of nitrogens with zero attached hydrogens (tertiary/aromatic N) is 2. The van der Waals surface area contributed by atoms with E-state index in [1.165, 1.54) is 32.7 Å². The Labute approximate surface area is 231 Å². The van der Waals surface area contributed by atoms with Crippen molar-refractivity contribution in [3.05, 3.63) is 69.2 Å². The zero-order chi connectivity index (χ0) is 27.9. The van der Waals surface area contributed by atoms with Crippen LogP contribution in [0.4, 0.5) is 0 Å². The molecule has 0 unspecified atom stereocenters. The fourth-order valence-corrected chi connectivity index (χ4v) is 5.46. The molecule has 2 aromatic carbocycles. The maximum absolute atomic E-state index is 13.3. The molecule has 2 heterocycles. The highest BCUT2D eigenvalue weighted by Crippen LogP contribution is 2.40. The quantitative estimate of drug-likeness (QED) is 0.408. The Morgan fingerprint density at radius 2 is 1.59 bits per heavy atom. The maximum Gasteiger partial charge on any atom is 0.289 e. The van der Waals surface area contributed by atoms with Crippen molar-refractivity contribution in [2.45, 2.75) is 32.1 Å². The number of hydrazine groups is 1. The van der Waals surface area contributed by atoms with Gasteiger partial charge in [-0.3, -0.25) is 25.2 Å². The Morgan fingerprint density at radius 3 is 2.21 bits per heavy atom. The van der Waals surface area contributed by atoms with Crippen LogP contribution in [0.3, 0.4) is 0 Å². The second-order valence-electron chi connectivity index (χ2n) is 8.98. The van der Waals surface area contributed by atoms with E-state index in [1.54, 1.807) is 34.5 Å².